The lowest BCUT2D eigenvalue weighted by atomic mass is 10.1. The largest absolute Gasteiger partial charge is 0.485 e. The van der Waals surface area contributed by atoms with Crippen LogP contribution in [0.1, 0.15) is 37.0 Å². The van der Waals surface area contributed by atoms with Crippen molar-refractivity contribution in [3.8, 4) is 5.75 Å². The van der Waals surface area contributed by atoms with Gasteiger partial charge >= 0.3 is 0 Å². The Morgan fingerprint density at radius 3 is 2.89 bits per heavy atom. The van der Waals surface area contributed by atoms with Gasteiger partial charge in [-0.25, -0.2) is 0 Å². The maximum Gasteiger partial charge on any atom is 0.229 e. The van der Waals surface area contributed by atoms with Crippen LogP contribution in [-0.2, 0) is 13.0 Å². The van der Waals surface area contributed by atoms with Gasteiger partial charge in [-0.2, -0.15) is 4.98 Å². The Hall–Kier alpha value is -1.88. The van der Waals surface area contributed by atoms with E-state index in [1.807, 2.05) is 38.1 Å². The van der Waals surface area contributed by atoms with E-state index < -0.39 is 0 Å². The summed E-state index contributed by atoms with van der Waals surface area (Å²) in [5.74, 6) is 2.22. The number of nitrogens with zero attached hydrogens (tertiary/aromatic N) is 2. The van der Waals surface area contributed by atoms with E-state index in [1.165, 1.54) is 0 Å². The van der Waals surface area contributed by atoms with Gasteiger partial charge in [0.05, 0.1) is 0 Å². The van der Waals surface area contributed by atoms with Crippen molar-refractivity contribution in [3.05, 3.63) is 41.5 Å². The first kappa shape index (κ1) is 13.5. The lowest BCUT2D eigenvalue weighted by Gasteiger charge is -2.05. The van der Waals surface area contributed by atoms with Gasteiger partial charge in [-0.3, -0.25) is 0 Å². The van der Waals surface area contributed by atoms with Crippen LogP contribution in [0.3, 0.4) is 0 Å². The molecule has 0 aliphatic rings. The summed E-state index contributed by atoms with van der Waals surface area (Å²) >= 11 is 0. The van der Waals surface area contributed by atoms with Crippen LogP contribution < -0.4 is 10.5 Å². The number of benzene rings is 1. The van der Waals surface area contributed by atoms with Gasteiger partial charge < -0.3 is 15.0 Å². The number of rotatable bonds is 6. The first-order valence-corrected chi connectivity index (χ1v) is 6.43. The molecule has 1 heterocycles. The number of nitrogens with two attached hydrogens (primary N) is 1. The predicted octanol–water partition coefficient (Wildman–Crippen LogP) is 2.27. The highest BCUT2D eigenvalue weighted by molar-refractivity contribution is 5.28. The molecule has 5 nitrogen and oxygen atoms in total. The fourth-order valence-corrected chi connectivity index (χ4v) is 1.67. The number of hydrogen-bond acceptors (Lipinski definition) is 5. The molecule has 0 amide bonds. The summed E-state index contributed by atoms with van der Waals surface area (Å²) in [6.45, 7) is 4.96. The van der Waals surface area contributed by atoms with Crippen LogP contribution in [-0.4, -0.2) is 16.7 Å². The van der Waals surface area contributed by atoms with E-state index >= 15 is 0 Å². The summed E-state index contributed by atoms with van der Waals surface area (Å²) < 4.78 is 10.8. The van der Waals surface area contributed by atoms with E-state index in [1.54, 1.807) is 0 Å². The predicted molar refractivity (Wildman–Crippen MR) is 71.9 cm³/mol. The molecule has 0 saturated carbocycles. The van der Waals surface area contributed by atoms with E-state index in [2.05, 4.69) is 10.1 Å². The minimum Gasteiger partial charge on any atom is -0.485 e. The zero-order valence-corrected chi connectivity index (χ0v) is 11.3. The molecule has 0 bridgehead atoms. The molecule has 0 fully saturated rings. The van der Waals surface area contributed by atoms with Gasteiger partial charge in [0.2, 0.25) is 11.7 Å². The van der Waals surface area contributed by atoms with Crippen LogP contribution in [0.15, 0.2) is 28.8 Å². The standard InChI is InChI=1S/C14H19N3O2/c1-10(2)14-16-13(17-19-14)9-18-12-5-3-4-11(8-12)6-7-15/h3-5,8,10H,6-7,9,15H2,1-2H3. The zero-order chi connectivity index (χ0) is 13.7. The molecule has 0 saturated heterocycles. The molecule has 1 aromatic heterocycles. The third-order valence-corrected chi connectivity index (χ3v) is 2.68. The van der Waals surface area contributed by atoms with Gasteiger partial charge in [-0.05, 0) is 30.7 Å². The molecule has 0 atom stereocenters. The highest BCUT2D eigenvalue weighted by Crippen LogP contribution is 2.16. The first-order chi connectivity index (χ1) is 9.19. The fourth-order valence-electron chi connectivity index (χ4n) is 1.67. The molecule has 0 aliphatic heterocycles. The normalized spacial score (nSPS) is 10.9. The molecule has 0 radical (unpaired) electrons. The van der Waals surface area contributed by atoms with Crippen molar-refractivity contribution >= 4 is 0 Å². The molecule has 2 rings (SSSR count). The quantitative estimate of drug-likeness (QED) is 0.863. The second-order valence-corrected chi connectivity index (χ2v) is 4.68. The van der Waals surface area contributed by atoms with Crippen LogP contribution >= 0.6 is 0 Å². The molecular weight excluding hydrogens is 242 g/mol. The third kappa shape index (κ3) is 3.79. The average molecular weight is 261 g/mol. The second kappa shape index (κ2) is 6.33. The van der Waals surface area contributed by atoms with Gasteiger partial charge in [0.15, 0.2) is 6.61 Å². The maximum absolute atomic E-state index is 5.65. The van der Waals surface area contributed by atoms with Crippen LogP contribution in [0.5, 0.6) is 5.75 Å². The third-order valence-electron chi connectivity index (χ3n) is 2.68. The van der Waals surface area contributed by atoms with Crippen molar-refractivity contribution in [2.24, 2.45) is 5.73 Å². The molecule has 0 unspecified atom stereocenters. The van der Waals surface area contributed by atoms with Crippen LogP contribution in [0.4, 0.5) is 0 Å². The van der Waals surface area contributed by atoms with Crippen molar-refractivity contribution in [3.63, 3.8) is 0 Å². The monoisotopic (exact) mass is 261 g/mol. The summed E-state index contributed by atoms with van der Waals surface area (Å²) in [5.41, 5.74) is 6.70. The average Bonchev–Trinajstić information content (AvgIpc) is 2.86. The summed E-state index contributed by atoms with van der Waals surface area (Å²) in [7, 11) is 0. The van der Waals surface area contributed by atoms with Crippen LogP contribution in [0.25, 0.3) is 0 Å². The number of ether oxygens (including phenoxy) is 1. The molecule has 19 heavy (non-hydrogen) atoms. The summed E-state index contributed by atoms with van der Waals surface area (Å²) in [4.78, 5) is 4.26. The van der Waals surface area contributed by atoms with Crippen molar-refractivity contribution in [1.82, 2.24) is 10.1 Å². The molecule has 2 N–H and O–H groups in total. The molecule has 0 spiro atoms. The summed E-state index contributed by atoms with van der Waals surface area (Å²) in [5, 5.41) is 3.88. The Bertz CT molecular complexity index is 523. The highest BCUT2D eigenvalue weighted by atomic mass is 16.5. The molecule has 5 heteroatoms. The van der Waals surface area contributed by atoms with E-state index in [4.69, 9.17) is 15.0 Å². The Kier molecular flexibility index (Phi) is 4.52. The number of hydrogen-bond donors (Lipinski definition) is 1. The van der Waals surface area contributed by atoms with Gasteiger partial charge in [0.25, 0.3) is 0 Å². The Morgan fingerprint density at radius 2 is 2.21 bits per heavy atom. The molecule has 2 aromatic rings. The smallest absolute Gasteiger partial charge is 0.229 e. The van der Waals surface area contributed by atoms with Gasteiger partial charge in [0, 0.05) is 5.92 Å². The van der Waals surface area contributed by atoms with Gasteiger partial charge in [-0.15, -0.1) is 0 Å². The highest BCUT2D eigenvalue weighted by Gasteiger charge is 2.10. The SMILES string of the molecule is CC(C)c1nc(COc2cccc(CCN)c2)no1. The zero-order valence-electron chi connectivity index (χ0n) is 11.3. The van der Waals surface area contributed by atoms with E-state index in [0.717, 1.165) is 17.7 Å². The molecule has 1 aromatic carbocycles. The Labute approximate surface area is 112 Å². The minimum absolute atomic E-state index is 0.231. The number of aromatic nitrogens is 2. The van der Waals surface area contributed by atoms with Crippen molar-refractivity contribution in [1.29, 1.82) is 0 Å². The van der Waals surface area contributed by atoms with Gasteiger partial charge in [0.1, 0.15) is 5.75 Å². The summed E-state index contributed by atoms with van der Waals surface area (Å²) in [6, 6.07) is 7.88. The van der Waals surface area contributed by atoms with E-state index in [9.17, 15) is 0 Å². The second-order valence-electron chi connectivity index (χ2n) is 4.68. The lowest BCUT2D eigenvalue weighted by molar-refractivity contribution is 0.284. The topological polar surface area (TPSA) is 74.2 Å². The van der Waals surface area contributed by atoms with Crippen LogP contribution in [0.2, 0.25) is 0 Å². The van der Waals surface area contributed by atoms with Crippen molar-refractivity contribution in [2.45, 2.75) is 32.8 Å². The molecule has 0 aliphatic carbocycles. The fraction of sp³-hybridized carbons (Fsp3) is 0.429. The van der Waals surface area contributed by atoms with E-state index in [0.29, 0.717) is 24.9 Å². The van der Waals surface area contributed by atoms with Crippen molar-refractivity contribution in [2.75, 3.05) is 6.54 Å². The lowest BCUT2D eigenvalue weighted by Crippen LogP contribution is -2.03. The Morgan fingerprint density at radius 1 is 1.37 bits per heavy atom. The maximum atomic E-state index is 5.65. The van der Waals surface area contributed by atoms with Crippen LogP contribution in [0, 0.1) is 0 Å². The molecule has 102 valence electrons. The minimum atomic E-state index is 0.231. The summed E-state index contributed by atoms with van der Waals surface area (Å²) in [6.07, 6.45) is 0.844. The first-order valence-electron chi connectivity index (χ1n) is 6.43. The van der Waals surface area contributed by atoms with Crippen molar-refractivity contribution < 1.29 is 9.26 Å². The molecular formula is C14H19N3O2. The van der Waals surface area contributed by atoms with E-state index in [-0.39, 0.29) is 5.92 Å². The van der Waals surface area contributed by atoms with Gasteiger partial charge in [-0.1, -0.05) is 31.1 Å². The Balaban J connectivity index is 1.95.